The molecule has 1 atom stereocenters. The van der Waals surface area contributed by atoms with Gasteiger partial charge in [0.25, 0.3) is 0 Å². The first-order valence-corrected chi connectivity index (χ1v) is 5.94. The molecule has 0 radical (unpaired) electrons. The number of hydrogen-bond acceptors (Lipinski definition) is 3. The molecule has 2 heterocycles. The van der Waals surface area contributed by atoms with E-state index in [1.165, 1.54) is 11.5 Å². The van der Waals surface area contributed by atoms with E-state index in [2.05, 4.69) is 15.2 Å². The first-order chi connectivity index (χ1) is 8.88. The Bertz CT molecular complexity index is 602. The van der Waals surface area contributed by atoms with Crippen LogP contribution in [-0.4, -0.2) is 25.9 Å². The minimum atomic E-state index is -4.26. The SMILES string of the molecule is CC(CC(F)(F)F)n1c(-c2ccccn2)n[nH]c1=S. The van der Waals surface area contributed by atoms with Gasteiger partial charge in [0.1, 0.15) is 5.69 Å². The molecule has 4 nitrogen and oxygen atoms in total. The Kier molecular flexibility index (Phi) is 3.70. The summed E-state index contributed by atoms with van der Waals surface area (Å²) in [5.74, 6) is 0.308. The van der Waals surface area contributed by atoms with Gasteiger partial charge in [-0.1, -0.05) is 6.07 Å². The predicted molar refractivity (Wildman–Crippen MR) is 66.0 cm³/mol. The topological polar surface area (TPSA) is 46.5 Å². The Labute approximate surface area is 112 Å². The van der Waals surface area contributed by atoms with Gasteiger partial charge in [0, 0.05) is 12.2 Å². The summed E-state index contributed by atoms with van der Waals surface area (Å²) in [6.45, 7) is 1.45. The van der Waals surface area contributed by atoms with Gasteiger partial charge in [0.2, 0.25) is 0 Å². The molecule has 0 amide bonds. The molecule has 2 aromatic heterocycles. The minimum Gasteiger partial charge on any atom is -0.296 e. The van der Waals surface area contributed by atoms with Crippen molar-refractivity contribution in [2.45, 2.75) is 25.6 Å². The Morgan fingerprint density at radius 2 is 2.16 bits per heavy atom. The first-order valence-electron chi connectivity index (χ1n) is 5.53. The first kappa shape index (κ1) is 13.7. The van der Waals surface area contributed by atoms with Crippen molar-refractivity contribution in [1.82, 2.24) is 19.7 Å². The second-order valence-corrected chi connectivity index (χ2v) is 4.49. The van der Waals surface area contributed by atoms with Gasteiger partial charge in [-0.15, -0.1) is 0 Å². The third-order valence-electron chi connectivity index (χ3n) is 2.57. The third-order valence-corrected chi connectivity index (χ3v) is 2.85. The summed E-state index contributed by atoms with van der Waals surface area (Å²) in [5.41, 5.74) is 0.476. The Morgan fingerprint density at radius 3 is 2.74 bits per heavy atom. The second-order valence-electron chi connectivity index (χ2n) is 4.11. The van der Waals surface area contributed by atoms with Crippen LogP contribution in [0, 0.1) is 4.77 Å². The zero-order chi connectivity index (χ0) is 14.0. The fourth-order valence-electron chi connectivity index (χ4n) is 1.82. The molecule has 1 N–H and O–H groups in total. The Hall–Kier alpha value is -1.70. The lowest BCUT2D eigenvalue weighted by Crippen LogP contribution is -2.17. The summed E-state index contributed by atoms with van der Waals surface area (Å²) in [5, 5.41) is 6.46. The fourth-order valence-corrected chi connectivity index (χ4v) is 2.13. The molecule has 0 bridgehead atoms. The number of H-pyrrole nitrogens is 1. The highest BCUT2D eigenvalue weighted by molar-refractivity contribution is 7.71. The molecule has 1 unspecified atom stereocenters. The zero-order valence-electron chi connectivity index (χ0n) is 9.98. The maximum atomic E-state index is 12.5. The van der Waals surface area contributed by atoms with Crippen LogP contribution in [0.25, 0.3) is 11.5 Å². The van der Waals surface area contributed by atoms with Crippen LogP contribution in [0.15, 0.2) is 24.4 Å². The van der Waals surface area contributed by atoms with Crippen molar-refractivity contribution in [3.63, 3.8) is 0 Å². The van der Waals surface area contributed by atoms with Gasteiger partial charge in [-0.2, -0.15) is 18.3 Å². The van der Waals surface area contributed by atoms with Crippen LogP contribution in [-0.2, 0) is 0 Å². The van der Waals surface area contributed by atoms with E-state index < -0.39 is 18.6 Å². The number of hydrogen-bond donors (Lipinski definition) is 1. The van der Waals surface area contributed by atoms with Crippen molar-refractivity contribution in [3.05, 3.63) is 29.2 Å². The van der Waals surface area contributed by atoms with Crippen LogP contribution in [0.3, 0.4) is 0 Å². The van der Waals surface area contributed by atoms with E-state index in [1.807, 2.05) is 0 Å². The van der Waals surface area contributed by atoms with Crippen molar-refractivity contribution < 1.29 is 13.2 Å². The summed E-state index contributed by atoms with van der Waals surface area (Å²) in [7, 11) is 0. The molecule has 0 aliphatic rings. The molecule has 19 heavy (non-hydrogen) atoms. The van der Waals surface area contributed by atoms with Gasteiger partial charge in [-0.25, -0.2) is 0 Å². The number of nitrogens with zero attached hydrogens (tertiary/aromatic N) is 3. The molecule has 0 fully saturated rings. The average molecular weight is 288 g/mol. The minimum absolute atomic E-state index is 0.150. The van der Waals surface area contributed by atoms with Crippen molar-refractivity contribution in [2.75, 3.05) is 0 Å². The average Bonchev–Trinajstić information content (AvgIpc) is 2.70. The normalized spacial score (nSPS) is 13.5. The molecule has 0 aliphatic carbocycles. The van der Waals surface area contributed by atoms with E-state index >= 15 is 0 Å². The molecule has 2 rings (SSSR count). The molecule has 0 aromatic carbocycles. The van der Waals surface area contributed by atoms with Crippen LogP contribution in [0.2, 0.25) is 0 Å². The second kappa shape index (κ2) is 5.12. The van der Waals surface area contributed by atoms with Crippen molar-refractivity contribution in [2.24, 2.45) is 0 Å². The van der Waals surface area contributed by atoms with Crippen LogP contribution in [0.5, 0.6) is 0 Å². The number of nitrogens with one attached hydrogen (secondary N) is 1. The number of aromatic amines is 1. The molecule has 102 valence electrons. The predicted octanol–water partition coefficient (Wildman–Crippen LogP) is 3.52. The molecule has 2 aromatic rings. The molecule has 0 saturated heterocycles. The standard InChI is InChI=1S/C11H11F3N4S/c1-7(6-11(12,13)14)18-9(16-17-10(18)19)8-4-2-3-5-15-8/h2-5,7H,6H2,1H3,(H,17,19). The highest BCUT2D eigenvalue weighted by Crippen LogP contribution is 2.29. The molecule has 8 heteroatoms. The van der Waals surface area contributed by atoms with E-state index in [1.54, 1.807) is 24.4 Å². The van der Waals surface area contributed by atoms with Gasteiger partial charge in [0.15, 0.2) is 10.6 Å². The van der Waals surface area contributed by atoms with Gasteiger partial charge in [-0.3, -0.25) is 14.6 Å². The lowest BCUT2D eigenvalue weighted by Gasteiger charge is -2.17. The summed E-state index contributed by atoms with van der Waals surface area (Å²) < 4.78 is 38.9. The molecular weight excluding hydrogens is 277 g/mol. The van der Waals surface area contributed by atoms with E-state index in [0.717, 1.165) is 0 Å². The summed E-state index contributed by atoms with van der Waals surface area (Å²) >= 11 is 4.99. The summed E-state index contributed by atoms with van der Waals surface area (Å²) in [4.78, 5) is 4.07. The monoisotopic (exact) mass is 288 g/mol. The Balaban J connectivity index is 2.41. The number of aromatic nitrogens is 4. The Morgan fingerprint density at radius 1 is 1.42 bits per heavy atom. The molecule has 0 aliphatic heterocycles. The van der Waals surface area contributed by atoms with Gasteiger partial charge in [-0.05, 0) is 31.3 Å². The van der Waals surface area contributed by atoms with Crippen molar-refractivity contribution in [3.8, 4) is 11.5 Å². The third kappa shape index (κ3) is 3.19. The summed E-state index contributed by atoms with van der Waals surface area (Å²) in [6, 6.07) is 4.28. The van der Waals surface area contributed by atoms with Crippen LogP contribution in [0.1, 0.15) is 19.4 Å². The maximum absolute atomic E-state index is 12.5. The lowest BCUT2D eigenvalue weighted by molar-refractivity contribution is -0.141. The van der Waals surface area contributed by atoms with E-state index in [4.69, 9.17) is 12.2 Å². The molecule has 0 saturated carbocycles. The lowest BCUT2D eigenvalue weighted by atomic mass is 10.2. The van der Waals surface area contributed by atoms with E-state index in [-0.39, 0.29) is 4.77 Å². The smallest absolute Gasteiger partial charge is 0.296 e. The largest absolute Gasteiger partial charge is 0.391 e. The van der Waals surface area contributed by atoms with Crippen molar-refractivity contribution in [1.29, 1.82) is 0 Å². The summed E-state index contributed by atoms with van der Waals surface area (Å²) in [6.07, 6.45) is -3.68. The highest BCUT2D eigenvalue weighted by Gasteiger charge is 2.32. The van der Waals surface area contributed by atoms with Crippen LogP contribution in [0.4, 0.5) is 13.2 Å². The zero-order valence-corrected chi connectivity index (χ0v) is 10.8. The van der Waals surface area contributed by atoms with E-state index in [0.29, 0.717) is 11.5 Å². The van der Waals surface area contributed by atoms with Crippen molar-refractivity contribution >= 4 is 12.2 Å². The van der Waals surface area contributed by atoms with E-state index in [9.17, 15) is 13.2 Å². The van der Waals surface area contributed by atoms with Gasteiger partial charge in [0.05, 0.1) is 6.42 Å². The fraction of sp³-hybridized carbons (Fsp3) is 0.364. The van der Waals surface area contributed by atoms with Gasteiger partial charge < -0.3 is 0 Å². The number of halogens is 3. The van der Waals surface area contributed by atoms with Crippen LogP contribution < -0.4 is 0 Å². The number of alkyl halides is 3. The van der Waals surface area contributed by atoms with Gasteiger partial charge >= 0.3 is 6.18 Å². The highest BCUT2D eigenvalue weighted by atomic mass is 32.1. The molecular formula is C11H11F3N4S. The molecule has 0 spiro atoms. The van der Waals surface area contributed by atoms with Crippen LogP contribution >= 0.6 is 12.2 Å². The number of rotatable bonds is 3. The number of pyridine rings is 1. The maximum Gasteiger partial charge on any atom is 0.391 e. The quantitative estimate of drug-likeness (QED) is 0.879.